The van der Waals surface area contributed by atoms with Crippen LogP contribution in [0.2, 0.25) is 0 Å². The van der Waals surface area contributed by atoms with Crippen LogP contribution in [0, 0.1) is 0 Å². The first-order valence-corrected chi connectivity index (χ1v) is 19.9. The summed E-state index contributed by atoms with van der Waals surface area (Å²) in [7, 11) is 3.67. The Kier molecular flexibility index (Phi) is 20.7. The van der Waals surface area contributed by atoms with Crippen LogP contribution >= 0.6 is 0 Å². The lowest BCUT2D eigenvalue weighted by atomic mass is 9.94. The Balaban J connectivity index is 1.82. The maximum atomic E-state index is 13.8. The number of ketones is 1. The predicted octanol–water partition coefficient (Wildman–Crippen LogP) is -0.627. The molecule has 1 aromatic heterocycles. The van der Waals surface area contributed by atoms with Crippen LogP contribution in [-0.2, 0) is 79.9 Å². The van der Waals surface area contributed by atoms with Crippen molar-refractivity contribution in [2.75, 3.05) is 53.7 Å². The highest BCUT2D eigenvalue weighted by Crippen LogP contribution is 2.27. The zero-order valence-electron chi connectivity index (χ0n) is 35.7. The molecule has 1 aliphatic heterocycles. The van der Waals surface area contributed by atoms with E-state index >= 15 is 0 Å². The molecule has 4 amide bonds. The number of aryl methyl sites for hydroxylation is 1. The zero-order valence-corrected chi connectivity index (χ0v) is 35.7. The van der Waals surface area contributed by atoms with E-state index in [2.05, 4.69) is 26.7 Å². The number of carbonyl (C=O) groups excluding carboxylic acids is 8. The fourth-order valence-electron chi connectivity index (χ4n) is 6.44. The van der Waals surface area contributed by atoms with Crippen LogP contribution in [0.1, 0.15) is 59.6 Å². The molecule has 338 valence electrons. The minimum Gasteiger partial charge on any atom is -0.463 e. The first-order chi connectivity index (χ1) is 29.0. The van der Waals surface area contributed by atoms with Crippen LogP contribution in [0.25, 0.3) is 10.9 Å². The smallest absolute Gasteiger partial charge is 0.303 e. The second-order valence-corrected chi connectivity index (χ2v) is 14.3. The van der Waals surface area contributed by atoms with Crippen molar-refractivity contribution in [2.45, 2.75) is 104 Å². The molecular formula is C40H59N7O14. The third kappa shape index (κ3) is 17.2. The first kappa shape index (κ1) is 49.9. The van der Waals surface area contributed by atoms with Crippen molar-refractivity contribution in [3.05, 3.63) is 36.0 Å². The molecule has 21 heteroatoms. The maximum Gasteiger partial charge on any atom is 0.303 e. The third-order valence-electron chi connectivity index (χ3n) is 9.22. The molecule has 6 atom stereocenters. The number of hydrogen-bond acceptors (Lipinski definition) is 16. The minimum absolute atomic E-state index is 0.000602. The molecule has 2 heterocycles. The standard InChI is InChI=1S/C40H59N7O14/c1-24(48)13-16-56-18-19-57-17-14-42-39(55)31(44-34(53)12-15-47-30(22-46(7)41-6)20-29-10-8-9-11-32(29)47)21-35(54)45-40-36(43-25(2)49)38(60-28(5)52)37(59-27(4)51)33(61-40)23-58-26(3)50/h8-11,20,31,33,36-38,40-41H,12-19,21-23H2,1-7H3,(H,42,55)(H,43,49)(H,44,53)(H,45,54)/t31-,33-,36-,37-,38-,40-/m0/s1. The molecule has 5 N–H and O–H groups in total. The van der Waals surface area contributed by atoms with Crippen LogP contribution in [0.15, 0.2) is 30.3 Å². The molecule has 1 fully saturated rings. The summed E-state index contributed by atoms with van der Waals surface area (Å²) in [4.78, 5) is 101. The lowest BCUT2D eigenvalue weighted by Gasteiger charge is -2.45. The predicted molar refractivity (Wildman–Crippen MR) is 216 cm³/mol. The third-order valence-corrected chi connectivity index (χ3v) is 9.22. The number of hydrogen-bond donors (Lipinski definition) is 5. The monoisotopic (exact) mass is 861 g/mol. The number of carbonyl (C=O) groups is 8. The van der Waals surface area contributed by atoms with E-state index in [0.29, 0.717) is 6.54 Å². The summed E-state index contributed by atoms with van der Waals surface area (Å²) < 4.78 is 34.9. The average Bonchev–Trinajstić information content (AvgIpc) is 3.53. The summed E-state index contributed by atoms with van der Waals surface area (Å²) in [6.45, 7) is 6.96. The lowest BCUT2D eigenvalue weighted by Crippen LogP contribution is -2.69. The number of nitrogens with one attached hydrogen (secondary N) is 5. The number of hydrazine groups is 1. The normalized spacial score (nSPS) is 19.0. The van der Waals surface area contributed by atoms with Crippen molar-refractivity contribution in [2.24, 2.45) is 0 Å². The summed E-state index contributed by atoms with van der Waals surface area (Å²) in [5.74, 6) is -5.06. The van der Waals surface area contributed by atoms with E-state index in [1.807, 2.05) is 47.0 Å². The number of fused-ring (bicyclic) bond motifs is 1. The number of benzene rings is 1. The first-order valence-electron chi connectivity index (χ1n) is 19.9. The number of aromatic nitrogens is 1. The second-order valence-electron chi connectivity index (χ2n) is 14.3. The van der Waals surface area contributed by atoms with E-state index in [0.717, 1.165) is 44.3 Å². The van der Waals surface area contributed by atoms with Gasteiger partial charge in [0.2, 0.25) is 23.6 Å². The number of amides is 4. The van der Waals surface area contributed by atoms with Gasteiger partial charge in [-0.15, -0.1) is 0 Å². The minimum atomic E-state index is -1.49. The largest absolute Gasteiger partial charge is 0.463 e. The Labute approximate surface area is 354 Å². The number of rotatable bonds is 25. The average molecular weight is 862 g/mol. The maximum absolute atomic E-state index is 13.8. The Bertz CT molecular complexity index is 1840. The molecule has 2 aromatic rings. The second kappa shape index (κ2) is 25.3. The Hall–Kier alpha value is -5.48. The highest BCUT2D eigenvalue weighted by molar-refractivity contribution is 5.92. The van der Waals surface area contributed by atoms with Crippen molar-refractivity contribution in [1.29, 1.82) is 0 Å². The van der Waals surface area contributed by atoms with Gasteiger partial charge in [0.25, 0.3) is 0 Å². The van der Waals surface area contributed by atoms with Gasteiger partial charge >= 0.3 is 17.9 Å². The van der Waals surface area contributed by atoms with E-state index in [4.69, 9.17) is 28.4 Å². The molecule has 0 radical (unpaired) electrons. The molecule has 0 aliphatic carbocycles. The fraction of sp³-hybridized carbons (Fsp3) is 0.600. The molecule has 61 heavy (non-hydrogen) atoms. The van der Waals surface area contributed by atoms with Crippen molar-refractivity contribution in [1.82, 2.24) is 36.3 Å². The summed E-state index contributed by atoms with van der Waals surface area (Å²) in [5.41, 5.74) is 4.90. The molecule has 0 unspecified atom stereocenters. The number of Topliss-reactive ketones (excluding diaryl/α,β-unsaturated/α-hetero) is 1. The van der Waals surface area contributed by atoms with E-state index in [9.17, 15) is 38.4 Å². The van der Waals surface area contributed by atoms with Crippen LogP contribution in [0.4, 0.5) is 0 Å². The van der Waals surface area contributed by atoms with Gasteiger partial charge in [-0.25, -0.2) is 5.01 Å². The Morgan fingerprint density at radius 1 is 0.820 bits per heavy atom. The van der Waals surface area contributed by atoms with Gasteiger partial charge in [0, 0.05) is 71.9 Å². The summed E-state index contributed by atoms with van der Waals surface area (Å²) in [5, 5.41) is 13.3. The summed E-state index contributed by atoms with van der Waals surface area (Å²) in [6, 6.07) is 6.98. The molecule has 3 rings (SSSR count). The van der Waals surface area contributed by atoms with Crippen molar-refractivity contribution >= 4 is 58.2 Å². The van der Waals surface area contributed by atoms with E-state index < -0.39 is 91.2 Å². The van der Waals surface area contributed by atoms with E-state index in [-0.39, 0.29) is 58.1 Å². The number of nitrogens with zero attached hydrogens (tertiary/aromatic N) is 2. The van der Waals surface area contributed by atoms with Gasteiger partial charge in [0.1, 0.15) is 30.6 Å². The van der Waals surface area contributed by atoms with Crippen molar-refractivity contribution in [3.63, 3.8) is 0 Å². The van der Waals surface area contributed by atoms with Gasteiger partial charge in [-0.1, -0.05) is 18.2 Å². The van der Waals surface area contributed by atoms with Gasteiger partial charge in [-0.05, 0) is 31.5 Å². The number of ether oxygens (including phenoxy) is 6. The molecular weight excluding hydrogens is 802 g/mol. The van der Waals surface area contributed by atoms with E-state index in [1.54, 1.807) is 7.05 Å². The van der Waals surface area contributed by atoms with Crippen molar-refractivity contribution < 1.29 is 66.8 Å². The quantitative estimate of drug-likeness (QED) is 0.0361. The molecule has 0 bridgehead atoms. The van der Waals surface area contributed by atoms with Crippen LogP contribution < -0.4 is 26.7 Å². The molecule has 1 aliphatic rings. The van der Waals surface area contributed by atoms with Crippen LogP contribution in [0.3, 0.4) is 0 Å². The molecule has 1 aromatic carbocycles. The topological polar surface area (TPSA) is 260 Å². The zero-order chi connectivity index (χ0) is 45.1. The van der Waals surface area contributed by atoms with Gasteiger partial charge in [0.05, 0.1) is 39.4 Å². The van der Waals surface area contributed by atoms with E-state index in [1.165, 1.54) is 6.92 Å². The van der Waals surface area contributed by atoms with Crippen LogP contribution in [-0.4, -0.2) is 147 Å². The van der Waals surface area contributed by atoms with Gasteiger partial charge in [0.15, 0.2) is 18.4 Å². The van der Waals surface area contributed by atoms with Gasteiger partial charge in [-0.3, -0.25) is 43.8 Å². The van der Waals surface area contributed by atoms with Gasteiger partial charge < -0.3 is 54.3 Å². The Morgan fingerprint density at radius 2 is 1.49 bits per heavy atom. The van der Waals surface area contributed by atoms with Gasteiger partial charge in [-0.2, -0.15) is 0 Å². The molecule has 0 saturated carbocycles. The summed E-state index contributed by atoms with van der Waals surface area (Å²) >= 11 is 0. The molecule has 0 spiro atoms. The SMILES string of the molecule is CNN(C)Cc1cc2ccccc2n1CCC(=O)N[C@@H](CC(=O)N[C@H]1O[C@@H](COC(C)=O)[C@H](OC(C)=O)[C@@H](OC(C)=O)[C@@H]1NC(C)=O)C(=O)NCCOCCOCCC(C)=O. The number of esters is 3. The molecule has 1 saturated heterocycles. The van der Waals surface area contributed by atoms with Crippen LogP contribution in [0.5, 0.6) is 0 Å². The Morgan fingerprint density at radius 3 is 2.13 bits per heavy atom. The summed E-state index contributed by atoms with van der Waals surface area (Å²) in [6.07, 6.45) is -6.03. The highest BCUT2D eigenvalue weighted by Gasteiger charge is 2.51. The molecule has 21 nitrogen and oxygen atoms in total. The van der Waals surface area contributed by atoms with Crippen molar-refractivity contribution in [3.8, 4) is 0 Å². The number of para-hydroxylation sites is 1. The lowest BCUT2D eigenvalue weighted by molar-refractivity contribution is -0.228. The fourth-order valence-corrected chi connectivity index (χ4v) is 6.44. The highest BCUT2D eigenvalue weighted by atomic mass is 16.6.